The van der Waals surface area contributed by atoms with Crippen molar-refractivity contribution in [3.05, 3.63) is 33.0 Å². The number of nitrogens with one attached hydrogen (secondary N) is 1. The standard InChI is InChI=1S/C16H22N4OS/c1-9(2)15-17-10(3)14(22-15)16(21)20(4)8-12-7-13(19-18-12)11-5-6-11/h7,9,11H,5-6,8H2,1-4H3,(H,18,19). The molecule has 5 nitrogen and oxygen atoms in total. The Morgan fingerprint density at radius 1 is 1.50 bits per heavy atom. The Labute approximate surface area is 134 Å². The highest BCUT2D eigenvalue weighted by Crippen LogP contribution is 2.39. The normalized spacial score (nSPS) is 14.6. The van der Waals surface area contributed by atoms with Crippen molar-refractivity contribution in [3.63, 3.8) is 0 Å². The quantitative estimate of drug-likeness (QED) is 0.918. The molecule has 118 valence electrons. The molecule has 3 rings (SSSR count). The highest BCUT2D eigenvalue weighted by Gasteiger charge is 2.26. The number of aromatic nitrogens is 3. The Morgan fingerprint density at radius 3 is 2.82 bits per heavy atom. The molecule has 1 aliphatic carbocycles. The van der Waals surface area contributed by atoms with E-state index in [0.717, 1.165) is 27.0 Å². The van der Waals surface area contributed by atoms with E-state index >= 15 is 0 Å². The fourth-order valence-electron chi connectivity index (χ4n) is 2.41. The predicted octanol–water partition coefficient (Wildman–Crippen LogP) is 3.45. The van der Waals surface area contributed by atoms with Gasteiger partial charge in [-0.1, -0.05) is 13.8 Å². The molecule has 6 heteroatoms. The number of aryl methyl sites for hydroxylation is 1. The molecule has 1 N–H and O–H groups in total. The van der Waals surface area contributed by atoms with Crippen molar-refractivity contribution >= 4 is 17.2 Å². The summed E-state index contributed by atoms with van der Waals surface area (Å²) in [5.74, 6) is 1.01. The van der Waals surface area contributed by atoms with Crippen LogP contribution in [0.5, 0.6) is 0 Å². The average Bonchev–Trinajstić information content (AvgIpc) is 3.09. The molecule has 0 unspecified atom stereocenters. The first-order valence-corrected chi connectivity index (χ1v) is 8.54. The molecule has 0 aromatic carbocycles. The summed E-state index contributed by atoms with van der Waals surface area (Å²) in [5.41, 5.74) is 2.95. The van der Waals surface area contributed by atoms with E-state index in [2.05, 4.69) is 35.1 Å². The Hall–Kier alpha value is -1.69. The van der Waals surface area contributed by atoms with E-state index in [1.807, 2.05) is 14.0 Å². The van der Waals surface area contributed by atoms with Gasteiger partial charge in [-0.2, -0.15) is 5.10 Å². The largest absolute Gasteiger partial charge is 0.335 e. The average molecular weight is 318 g/mol. The molecule has 0 bridgehead atoms. The van der Waals surface area contributed by atoms with Crippen LogP contribution in [0, 0.1) is 6.92 Å². The zero-order valence-electron chi connectivity index (χ0n) is 13.5. The topological polar surface area (TPSA) is 61.9 Å². The second-order valence-electron chi connectivity index (χ2n) is 6.37. The van der Waals surface area contributed by atoms with Crippen LogP contribution in [0.1, 0.15) is 70.3 Å². The number of H-pyrrole nitrogens is 1. The van der Waals surface area contributed by atoms with Gasteiger partial charge in [-0.25, -0.2) is 4.98 Å². The number of thiazole rings is 1. The third-order valence-electron chi connectivity index (χ3n) is 3.90. The van der Waals surface area contributed by atoms with Gasteiger partial charge in [0.15, 0.2) is 0 Å². The Morgan fingerprint density at radius 2 is 2.23 bits per heavy atom. The SMILES string of the molecule is Cc1nc(C(C)C)sc1C(=O)N(C)Cc1cc(C2CC2)n[nH]1. The number of aromatic amines is 1. The Balaban J connectivity index is 1.70. The summed E-state index contributed by atoms with van der Waals surface area (Å²) in [6, 6.07) is 2.08. The number of amides is 1. The molecular formula is C16H22N4OS. The minimum absolute atomic E-state index is 0.0319. The maximum Gasteiger partial charge on any atom is 0.265 e. The molecule has 1 fully saturated rings. The highest BCUT2D eigenvalue weighted by atomic mass is 32.1. The fourth-order valence-corrected chi connectivity index (χ4v) is 3.48. The lowest BCUT2D eigenvalue weighted by atomic mass is 10.2. The molecule has 2 heterocycles. The van der Waals surface area contributed by atoms with Crippen molar-refractivity contribution in [2.24, 2.45) is 0 Å². The van der Waals surface area contributed by atoms with Crippen molar-refractivity contribution in [1.82, 2.24) is 20.1 Å². The third-order valence-corrected chi connectivity index (χ3v) is 5.35. The van der Waals surface area contributed by atoms with Crippen LogP contribution in [0.4, 0.5) is 0 Å². The van der Waals surface area contributed by atoms with E-state index in [1.54, 1.807) is 4.90 Å². The Kier molecular flexibility index (Phi) is 4.04. The Bertz CT molecular complexity index is 684. The van der Waals surface area contributed by atoms with E-state index in [0.29, 0.717) is 18.4 Å². The van der Waals surface area contributed by atoms with Gasteiger partial charge in [-0.05, 0) is 25.8 Å². The summed E-state index contributed by atoms with van der Waals surface area (Å²) in [4.78, 5) is 19.6. The van der Waals surface area contributed by atoms with Crippen LogP contribution in [0.15, 0.2) is 6.07 Å². The first-order chi connectivity index (χ1) is 10.5. The van der Waals surface area contributed by atoms with Crippen LogP contribution >= 0.6 is 11.3 Å². The van der Waals surface area contributed by atoms with Crippen LogP contribution in [-0.4, -0.2) is 33.0 Å². The number of rotatable bonds is 5. The van der Waals surface area contributed by atoms with Gasteiger partial charge in [-0.3, -0.25) is 9.89 Å². The monoisotopic (exact) mass is 318 g/mol. The van der Waals surface area contributed by atoms with Crippen molar-refractivity contribution in [2.45, 2.75) is 52.0 Å². The first kappa shape index (κ1) is 15.2. The number of carbonyl (C=O) groups is 1. The van der Waals surface area contributed by atoms with Gasteiger partial charge in [-0.15, -0.1) is 11.3 Å². The highest BCUT2D eigenvalue weighted by molar-refractivity contribution is 7.13. The molecule has 2 aromatic heterocycles. The van der Waals surface area contributed by atoms with Gasteiger partial charge in [0.05, 0.1) is 28.6 Å². The zero-order chi connectivity index (χ0) is 15.9. The zero-order valence-corrected chi connectivity index (χ0v) is 14.3. The lowest BCUT2D eigenvalue weighted by Gasteiger charge is -2.15. The molecule has 0 radical (unpaired) electrons. The summed E-state index contributed by atoms with van der Waals surface area (Å²) in [5, 5.41) is 8.40. The summed E-state index contributed by atoms with van der Waals surface area (Å²) < 4.78 is 0. The molecule has 1 aliphatic rings. The van der Waals surface area contributed by atoms with Crippen LogP contribution in [-0.2, 0) is 6.54 Å². The van der Waals surface area contributed by atoms with Crippen molar-refractivity contribution in [3.8, 4) is 0 Å². The summed E-state index contributed by atoms with van der Waals surface area (Å²) in [7, 11) is 1.83. The van der Waals surface area contributed by atoms with E-state index in [4.69, 9.17) is 0 Å². The number of carbonyl (C=O) groups excluding carboxylic acids is 1. The fraction of sp³-hybridized carbons (Fsp3) is 0.562. The second kappa shape index (κ2) is 5.83. The minimum Gasteiger partial charge on any atom is -0.335 e. The predicted molar refractivity (Wildman–Crippen MR) is 87.3 cm³/mol. The molecule has 2 aromatic rings. The summed E-state index contributed by atoms with van der Waals surface area (Å²) in [6.07, 6.45) is 2.47. The molecule has 1 amide bonds. The molecule has 0 spiro atoms. The molecule has 0 atom stereocenters. The van der Waals surface area contributed by atoms with Crippen molar-refractivity contribution < 1.29 is 4.79 Å². The van der Waals surface area contributed by atoms with Gasteiger partial charge < -0.3 is 4.90 Å². The minimum atomic E-state index is 0.0319. The van der Waals surface area contributed by atoms with Gasteiger partial charge >= 0.3 is 0 Å². The first-order valence-electron chi connectivity index (χ1n) is 7.72. The molecule has 1 saturated carbocycles. The smallest absolute Gasteiger partial charge is 0.265 e. The van der Waals surface area contributed by atoms with E-state index in [9.17, 15) is 4.79 Å². The molecule has 0 saturated heterocycles. The summed E-state index contributed by atoms with van der Waals surface area (Å²) >= 11 is 1.51. The second-order valence-corrected chi connectivity index (χ2v) is 7.41. The number of nitrogens with zero attached hydrogens (tertiary/aromatic N) is 3. The third kappa shape index (κ3) is 3.06. The molecular weight excluding hydrogens is 296 g/mol. The molecule has 0 aliphatic heterocycles. The van der Waals surface area contributed by atoms with Crippen molar-refractivity contribution in [2.75, 3.05) is 7.05 Å². The number of hydrogen-bond donors (Lipinski definition) is 1. The van der Waals surface area contributed by atoms with Crippen LogP contribution < -0.4 is 0 Å². The van der Waals surface area contributed by atoms with Gasteiger partial charge in [0.25, 0.3) is 5.91 Å². The van der Waals surface area contributed by atoms with E-state index in [1.165, 1.54) is 24.2 Å². The maximum absolute atomic E-state index is 12.6. The van der Waals surface area contributed by atoms with Gasteiger partial charge in [0.2, 0.25) is 0 Å². The van der Waals surface area contributed by atoms with Crippen LogP contribution in [0.25, 0.3) is 0 Å². The van der Waals surface area contributed by atoms with E-state index < -0.39 is 0 Å². The van der Waals surface area contributed by atoms with Gasteiger partial charge in [0.1, 0.15) is 4.88 Å². The lowest BCUT2D eigenvalue weighted by molar-refractivity contribution is 0.0787. The van der Waals surface area contributed by atoms with Crippen LogP contribution in [0.3, 0.4) is 0 Å². The van der Waals surface area contributed by atoms with Gasteiger partial charge in [0, 0.05) is 18.9 Å². The number of hydrogen-bond acceptors (Lipinski definition) is 4. The summed E-state index contributed by atoms with van der Waals surface area (Å²) in [6.45, 7) is 6.65. The van der Waals surface area contributed by atoms with E-state index in [-0.39, 0.29) is 5.91 Å². The maximum atomic E-state index is 12.6. The molecule has 22 heavy (non-hydrogen) atoms. The van der Waals surface area contributed by atoms with Crippen molar-refractivity contribution in [1.29, 1.82) is 0 Å². The lowest BCUT2D eigenvalue weighted by Crippen LogP contribution is -2.26. The van der Waals surface area contributed by atoms with Crippen LogP contribution in [0.2, 0.25) is 0 Å².